The lowest BCUT2D eigenvalue weighted by molar-refractivity contribution is 1.07. The SMILES string of the molecule is c1ccc(-c2nc(-c3ccccc3)nc(-c3ccc(-c4cccc5sc6ccccc6c45)c(-c4nc(-c5ccccc5)nc(-c5ccccc5)n4)c3)n2)cc1. The quantitative estimate of drug-likeness (QED) is 0.163. The van der Waals surface area contributed by atoms with Gasteiger partial charge in [-0.05, 0) is 29.3 Å². The van der Waals surface area contributed by atoms with Crippen LogP contribution in [0, 0.1) is 0 Å². The third-order valence-electron chi connectivity index (χ3n) is 9.61. The first-order valence-corrected chi connectivity index (χ1v) is 18.9. The molecule has 3 aromatic heterocycles. The molecule has 3 heterocycles. The highest BCUT2D eigenvalue weighted by atomic mass is 32.1. The second-order valence-corrected chi connectivity index (χ2v) is 14.2. The third-order valence-corrected chi connectivity index (χ3v) is 10.7. The van der Waals surface area contributed by atoms with Gasteiger partial charge in [0.1, 0.15) is 0 Å². The molecule has 0 bridgehead atoms. The molecule has 0 unspecified atom stereocenters. The van der Waals surface area contributed by atoms with Crippen LogP contribution in [0.4, 0.5) is 0 Å². The first-order valence-electron chi connectivity index (χ1n) is 18.0. The molecule has 0 fully saturated rings. The predicted molar refractivity (Wildman–Crippen MR) is 224 cm³/mol. The molecule has 0 saturated carbocycles. The fraction of sp³-hybridized carbons (Fsp3) is 0. The molecule has 55 heavy (non-hydrogen) atoms. The molecule has 0 spiro atoms. The van der Waals surface area contributed by atoms with Crippen LogP contribution >= 0.6 is 11.3 Å². The summed E-state index contributed by atoms with van der Waals surface area (Å²) in [4.78, 5) is 30.5. The molecule has 10 aromatic rings. The van der Waals surface area contributed by atoms with Gasteiger partial charge in [0.05, 0.1) is 0 Å². The normalized spacial score (nSPS) is 11.3. The van der Waals surface area contributed by atoms with Gasteiger partial charge in [0, 0.05) is 53.6 Å². The summed E-state index contributed by atoms with van der Waals surface area (Å²) in [5, 5.41) is 2.42. The van der Waals surface area contributed by atoms with Crippen molar-refractivity contribution in [1.82, 2.24) is 29.9 Å². The Labute approximate surface area is 321 Å². The maximum absolute atomic E-state index is 5.21. The lowest BCUT2D eigenvalue weighted by Crippen LogP contribution is -2.03. The smallest absolute Gasteiger partial charge is 0.164 e. The Morgan fingerprint density at radius 1 is 0.273 bits per heavy atom. The van der Waals surface area contributed by atoms with Crippen molar-refractivity contribution in [3.8, 4) is 79.5 Å². The minimum atomic E-state index is 0.556. The van der Waals surface area contributed by atoms with Crippen LogP contribution in [0.2, 0.25) is 0 Å². The van der Waals surface area contributed by atoms with Gasteiger partial charge >= 0.3 is 0 Å². The summed E-state index contributed by atoms with van der Waals surface area (Å²) in [6, 6.07) is 61.7. The maximum Gasteiger partial charge on any atom is 0.164 e. The van der Waals surface area contributed by atoms with E-state index in [0.717, 1.165) is 44.5 Å². The van der Waals surface area contributed by atoms with E-state index in [9.17, 15) is 0 Å². The van der Waals surface area contributed by atoms with Crippen LogP contribution in [0.25, 0.3) is 99.6 Å². The molecular weight excluding hydrogens is 693 g/mol. The molecule has 7 aromatic carbocycles. The minimum absolute atomic E-state index is 0.556. The van der Waals surface area contributed by atoms with Crippen LogP contribution in [0.5, 0.6) is 0 Å². The fourth-order valence-corrected chi connectivity index (χ4v) is 8.10. The van der Waals surface area contributed by atoms with Crippen molar-refractivity contribution in [3.63, 3.8) is 0 Å². The highest BCUT2D eigenvalue weighted by Gasteiger charge is 2.21. The van der Waals surface area contributed by atoms with Crippen LogP contribution in [0.3, 0.4) is 0 Å². The second-order valence-electron chi connectivity index (χ2n) is 13.1. The lowest BCUT2D eigenvalue weighted by Gasteiger charge is -2.15. The Morgan fingerprint density at radius 3 is 1.20 bits per heavy atom. The third kappa shape index (κ3) is 6.22. The summed E-state index contributed by atoms with van der Waals surface area (Å²) in [6.45, 7) is 0. The molecule has 0 aliphatic carbocycles. The van der Waals surface area contributed by atoms with Crippen LogP contribution < -0.4 is 0 Å². The molecule has 7 heteroatoms. The number of aromatic nitrogens is 6. The Balaban J connectivity index is 1.26. The monoisotopic (exact) mass is 722 g/mol. The van der Waals surface area contributed by atoms with Crippen molar-refractivity contribution in [3.05, 3.63) is 182 Å². The number of nitrogens with zero attached hydrogens (tertiary/aromatic N) is 6. The molecule has 0 N–H and O–H groups in total. The minimum Gasteiger partial charge on any atom is -0.208 e. The molecule has 0 atom stereocenters. The van der Waals surface area contributed by atoms with E-state index in [1.165, 1.54) is 20.2 Å². The number of rotatable bonds is 7. The number of hydrogen-bond acceptors (Lipinski definition) is 7. The van der Waals surface area contributed by atoms with E-state index < -0.39 is 0 Å². The fourth-order valence-electron chi connectivity index (χ4n) is 6.97. The zero-order chi connectivity index (χ0) is 36.6. The van der Waals surface area contributed by atoms with E-state index in [4.69, 9.17) is 29.9 Å². The van der Waals surface area contributed by atoms with Gasteiger partial charge in [0.25, 0.3) is 0 Å². The van der Waals surface area contributed by atoms with E-state index in [1.807, 2.05) is 121 Å². The van der Waals surface area contributed by atoms with Crippen LogP contribution in [0.1, 0.15) is 0 Å². The molecule has 0 amide bonds. The average Bonchev–Trinajstić information content (AvgIpc) is 3.66. The summed E-state index contributed by atoms with van der Waals surface area (Å²) in [6.07, 6.45) is 0. The Hall–Kier alpha value is -7.22. The molecule has 0 aliphatic heterocycles. The zero-order valence-electron chi connectivity index (χ0n) is 29.4. The average molecular weight is 723 g/mol. The van der Waals surface area contributed by atoms with Gasteiger partial charge in [-0.25, -0.2) is 29.9 Å². The van der Waals surface area contributed by atoms with Crippen molar-refractivity contribution in [1.29, 1.82) is 0 Å². The standard InChI is InChI=1S/C48H30N6S/c1-5-16-31(17-6-1)43-49-44(32-18-7-2-8-19-32)52-47(51-43)35-28-29-36(37-25-15-27-41-42(37)38-24-13-14-26-40(38)55-41)39(30-35)48-53-45(33-20-9-3-10-21-33)50-46(54-48)34-22-11-4-12-23-34/h1-30H. The van der Waals surface area contributed by atoms with Gasteiger partial charge in [0.2, 0.25) is 0 Å². The molecule has 0 aliphatic rings. The van der Waals surface area contributed by atoms with Crippen molar-refractivity contribution < 1.29 is 0 Å². The van der Waals surface area contributed by atoms with Gasteiger partial charge in [-0.3, -0.25) is 0 Å². The highest BCUT2D eigenvalue weighted by Crippen LogP contribution is 2.43. The summed E-state index contributed by atoms with van der Waals surface area (Å²) in [5.74, 6) is 3.50. The largest absolute Gasteiger partial charge is 0.208 e. The van der Waals surface area contributed by atoms with Crippen molar-refractivity contribution >= 4 is 31.5 Å². The van der Waals surface area contributed by atoms with Gasteiger partial charge in [-0.1, -0.05) is 164 Å². The molecule has 0 saturated heterocycles. The summed E-state index contributed by atoms with van der Waals surface area (Å²) < 4.78 is 2.46. The van der Waals surface area contributed by atoms with Gasteiger partial charge in [-0.15, -0.1) is 11.3 Å². The maximum atomic E-state index is 5.21. The molecule has 10 rings (SSSR count). The summed E-state index contributed by atoms with van der Waals surface area (Å²) >= 11 is 1.80. The van der Waals surface area contributed by atoms with E-state index in [2.05, 4.69) is 60.7 Å². The first-order chi connectivity index (χ1) is 27.2. The summed E-state index contributed by atoms with van der Waals surface area (Å²) in [5.41, 5.74) is 7.41. The van der Waals surface area contributed by atoms with Crippen molar-refractivity contribution in [2.24, 2.45) is 0 Å². The zero-order valence-corrected chi connectivity index (χ0v) is 30.2. The van der Waals surface area contributed by atoms with Crippen molar-refractivity contribution in [2.45, 2.75) is 0 Å². The van der Waals surface area contributed by atoms with Crippen LogP contribution in [-0.4, -0.2) is 29.9 Å². The van der Waals surface area contributed by atoms with Crippen LogP contribution in [0.15, 0.2) is 182 Å². The van der Waals surface area contributed by atoms with E-state index >= 15 is 0 Å². The van der Waals surface area contributed by atoms with Crippen LogP contribution in [-0.2, 0) is 0 Å². The Bertz CT molecular complexity index is 2850. The lowest BCUT2D eigenvalue weighted by atomic mass is 9.93. The van der Waals surface area contributed by atoms with E-state index in [-0.39, 0.29) is 0 Å². The van der Waals surface area contributed by atoms with E-state index in [0.29, 0.717) is 34.9 Å². The molecule has 0 radical (unpaired) electrons. The Morgan fingerprint density at radius 2 is 0.691 bits per heavy atom. The highest BCUT2D eigenvalue weighted by molar-refractivity contribution is 7.25. The summed E-state index contributed by atoms with van der Waals surface area (Å²) in [7, 11) is 0. The Kier molecular flexibility index (Phi) is 8.24. The van der Waals surface area contributed by atoms with Gasteiger partial charge < -0.3 is 0 Å². The number of fused-ring (bicyclic) bond motifs is 3. The number of thiophene rings is 1. The second kappa shape index (κ2) is 14.0. The van der Waals surface area contributed by atoms with E-state index in [1.54, 1.807) is 11.3 Å². The number of hydrogen-bond donors (Lipinski definition) is 0. The molecule has 6 nitrogen and oxygen atoms in total. The molecular formula is C48H30N6S. The predicted octanol–water partition coefficient (Wildman–Crippen LogP) is 12.1. The topological polar surface area (TPSA) is 77.3 Å². The number of benzene rings is 7. The van der Waals surface area contributed by atoms with Gasteiger partial charge in [0.15, 0.2) is 34.9 Å². The first kappa shape index (κ1) is 32.4. The van der Waals surface area contributed by atoms with Gasteiger partial charge in [-0.2, -0.15) is 0 Å². The van der Waals surface area contributed by atoms with Crippen molar-refractivity contribution in [2.75, 3.05) is 0 Å². The molecule has 258 valence electrons.